The first-order valence-electron chi connectivity index (χ1n) is 6.39. The molecule has 1 aliphatic heterocycles. The summed E-state index contributed by atoms with van der Waals surface area (Å²) in [6, 6.07) is 5.40. The maximum atomic E-state index is 12.2. The van der Waals surface area contributed by atoms with Gasteiger partial charge in [-0.1, -0.05) is 11.6 Å². The molecule has 1 amide bonds. The summed E-state index contributed by atoms with van der Waals surface area (Å²) in [5.74, 6) is -0.149. The van der Waals surface area contributed by atoms with E-state index in [1.807, 2.05) is 13.8 Å². The average molecular weight is 294 g/mol. The van der Waals surface area contributed by atoms with Crippen molar-refractivity contribution in [1.29, 1.82) is 5.26 Å². The minimum atomic E-state index is -0.505. The third-order valence-electron chi connectivity index (χ3n) is 3.48. The van der Waals surface area contributed by atoms with Gasteiger partial charge in [0.25, 0.3) is 5.91 Å². The predicted octanol–water partition coefficient (Wildman–Crippen LogP) is 1.19. The van der Waals surface area contributed by atoms with Gasteiger partial charge in [0, 0.05) is 26.2 Å². The third-order valence-corrected chi connectivity index (χ3v) is 3.68. The predicted molar refractivity (Wildman–Crippen MR) is 74.2 cm³/mol. The Labute approximate surface area is 122 Å². The number of hydrogen-bond donors (Lipinski definition) is 0. The molecule has 1 fully saturated rings. The SMILES string of the molecule is CC(C)(C#N)N1CCN(C(=O)c2ccc(Cl)nn2)CC1. The highest BCUT2D eigenvalue weighted by molar-refractivity contribution is 6.29. The number of hydrogen-bond acceptors (Lipinski definition) is 5. The third kappa shape index (κ3) is 3.06. The van der Waals surface area contributed by atoms with Crippen LogP contribution in [0.1, 0.15) is 24.3 Å². The van der Waals surface area contributed by atoms with E-state index in [2.05, 4.69) is 21.2 Å². The molecule has 0 spiro atoms. The topological polar surface area (TPSA) is 73.1 Å². The summed E-state index contributed by atoms with van der Waals surface area (Å²) < 4.78 is 0. The van der Waals surface area contributed by atoms with Crippen molar-refractivity contribution < 1.29 is 4.79 Å². The molecule has 1 aliphatic rings. The fraction of sp³-hybridized carbons (Fsp3) is 0.538. The lowest BCUT2D eigenvalue weighted by Crippen LogP contribution is -2.55. The van der Waals surface area contributed by atoms with E-state index in [0.29, 0.717) is 31.9 Å². The molecule has 2 heterocycles. The summed E-state index contributed by atoms with van der Waals surface area (Å²) in [6.07, 6.45) is 0. The summed E-state index contributed by atoms with van der Waals surface area (Å²) in [5, 5.41) is 16.9. The van der Waals surface area contributed by atoms with Crippen LogP contribution in [0.3, 0.4) is 0 Å². The Bertz CT molecular complexity index is 529. The van der Waals surface area contributed by atoms with Gasteiger partial charge in [-0.3, -0.25) is 9.69 Å². The first-order valence-corrected chi connectivity index (χ1v) is 6.76. The standard InChI is InChI=1S/C13H16ClN5O/c1-13(2,9-15)19-7-5-18(6-8-19)12(20)10-3-4-11(14)17-16-10/h3-4H,5-8H2,1-2H3. The van der Waals surface area contributed by atoms with Gasteiger partial charge in [-0.2, -0.15) is 5.26 Å². The van der Waals surface area contributed by atoms with Gasteiger partial charge in [0.2, 0.25) is 0 Å². The van der Waals surface area contributed by atoms with Crippen LogP contribution in [-0.4, -0.2) is 57.6 Å². The molecule has 6 nitrogen and oxygen atoms in total. The lowest BCUT2D eigenvalue weighted by molar-refractivity contribution is 0.0515. The molecule has 1 saturated heterocycles. The molecule has 0 atom stereocenters. The maximum Gasteiger partial charge on any atom is 0.274 e. The van der Waals surface area contributed by atoms with Crippen LogP contribution in [-0.2, 0) is 0 Å². The molecule has 1 aromatic rings. The molecule has 0 saturated carbocycles. The molecule has 20 heavy (non-hydrogen) atoms. The Morgan fingerprint density at radius 3 is 2.45 bits per heavy atom. The quantitative estimate of drug-likeness (QED) is 0.819. The average Bonchev–Trinajstić information content (AvgIpc) is 2.47. The lowest BCUT2D eigenvalue weighted by Gasteiger charge is -2.40. The molecule has 0 N–H and O–H groups in total. The van der Waals surface area contributed by atoms with Crippen LogP contribution in [0.2, 0.25) is 5.15 Å². The van der Waals surface area contributed by atoms with Crippen molar-refractivity contribution in [2.45, 2.75) is 19.4 Å². The minimum Gasteiger partial charge on any atom is -0.335 e. The van der Waals surface area contributed by atoms with Crippen molar-refractivity contribution in [2.75, 3.05) is 26.2 Å². The Morgan fingerprint density at radius 2 is 1.95 bits per heavy atom. The molecular formula is C13H16ClN5O. The van der Waals surface area contributed by atoms with E-state index in [0.717, 1.165) is 0 Å². The minimum absolute atomic E-state index is 0.149. The normalized spacial score (nSPS) is 16.8. The van der Waals surface area contributed by atoms with Gasteiger partial charge >= 0.3 is 0 Å². The van der Waals surface area contributed by atoms with Crippen LogP contribution < -0.4 is 0 Å². The van der Waals surface area contributed by atoms with E-state index in [-0.39, 0.29) is 11.1 Å². The zero-order valence-electron chi connectivity index (χ0n) is 11.5. The lowest BCUT2D eigenvalue weighted by atomic mass is 10.0. The summed E-state index contributed by atoms with van der Waals surface area (Å²) in [6.45, 7) is 6.27. The van der Waals surface area contributed by atoms with Crippen LogP contribution in [0.4, 0.5) is 0 Å². The van der Waals surface area contributed by atoms with Gasteiger partial charge in [-0.25, -0.2) is 0 Å². The number of amides is 1. The summed E-state index contributed by atoms with van der Waals surface area (Å²) in [5.41, 5.74) is -0.211. The monoisotopic (exact) mass is 293 g/mol. The van der Waals surface area contributed by atoms with Gasteiger partial charge in [-0.05, 0) is 26.0 Å². The first kappa shape index (κ1) is 14.7. The Morgan fingerprint density at radius 1 is 1.30 bits per heavy atom. The van der Waals surface area contributed by atoms with Crippen LogP contribution in [0.5, 0.6) is 0 Å². The van der Waals surface area contributed by atoms with Gasteiger partial charge < -0.3 is 4.90 Å². The van der Waals surface area contributed by atoms with Gasteiger partial charge in [-0.15, -0.1) is 10.2 Å². The number of rotatable bonds is 2. The second kappa shape index (κ2) is 5.73. The summed E-state index contributed by atoms with van der Waals surface area (Å²) in [7, 11) is 0. The fourth-order valence-electron chi connectivity index (χ4n) is 2.13. The van der Waals surface area contributed by atoms with Gasteiger partial charge in [0.15, 0.2) is 10.8 Å². The van der Waals surface area contributed by atoms with Crippen molar-refractivity contribution in [3.63, 3.8) is 0 Å². The second-order valence-corrected chi connectivity index (χ2v) is 5.58. The fourth-order valence-corrected chi connectivity index (χ4v) is 2.23. The zero-order chi connectivity index (χ0) is 14.8. The van der Waals surface area contributed by atoms with Crippen molar-refractivity contribution in [1.82, 2.24) is 20.0 Å². The highest BCUT2D eigenvalue weighted by atomic mass is 35.5. The number of nitrogens with zero attached hydrogens (tertiary/aromatic N) is 5. The van der Waals surface area contributed by atoms with E-state index < -0.39 is 5.54 Å². The number of carbonyl (C=O) groups excluding carboxylic acids is 1. The molecule has 0 aliphatic carbocycles. The molecule has 1 aromatic heterocycles. The Kier molecular flexibility index (Phi) is 4.21. The smallest absolute Gasteiger partial charge is 0.274 e. The number of halogens is 1. The largest absolute Gasteiger partial charge is 0.335 e. The molecule has 106 valence electrons. The number of piperazine rings is 1. The molecule has 0 aromatic carbocycles. The van der Waals surface area contributed by atoms with Gasteiger partial charge in [0.1, 0.15) is 5.54 Å². The van der Waals surface area contributed by atoms with Crippen molar-refractivity contribution in [3.05, 3.63) is 23.0 Å². The van der Waals surface area contributed by atoms with Gasteiger partial charge in [0.05, 0.1) is 6.07 Å². The van der Waals surface area contributed by atoms with E-state index in [9.17, 15) is 4.79 Å². The van der Waals surface area contributed by atoms with Crippen LogP contribution in [0.15, 0.2) is 12.1 Å². The molecule has 0 radical (unpaired) electrons. The highest BCUT2D eigenvalue weighted by Crippen LogP contribution is 2.17. The van der Waals surface area contributed by atoms with Crippen LogP contribution in [0.25, 0.3) is 0 Å². The molecule has 0 bridgehead atoms. The Balaban J connectivity index is 1.99. The molecule has 0 unspecified atom stereocenters. The van der Waals surface area contributed by atoms with E-state index in [1.165, 1.54) is 0 Å². The van der Waals surface area contributed by atoms with Crippen molar-refractivity contribution >= 4 is 17.5 Å². The van der Waals surface area contributed by atoms with Crippen LogP contribution >= 0.6 is 11.6 Å². The Hall–Kier alpha value is -1.71. The number of aromatic nitrogens is 2. The number of carbonyl (C=O) groups is 1. The second-order valence-electron chi connectivity index (χ2n) is 5.19. The maximum absolute atomic E-state index is 12.2. The van der Waals surface area contributed by atoms with Crippen molar-refractivity contribution in [3.8, 4) is 6.07 Å². The zero-order valence-corrected chi connectivity index (χ0v) is 12.3. The van der Waals surface area contributed by atoms with Crippen molar-refractivity contribution in [2.24, 2.45) is 0 Å². The summed E-state index contributed by atoms with van der Waals surface area (Å²) in [4.78, 5) is 16.0. The molecular weight excluding hydrogens is 278 g/mol. The highest BCUT2D eigenvalue weighted by Gasteiger charge is 2.31. The van der Waals surface area contributed by atoms with E-state index >= 15 is 0 Å². The number of nitriles is 1. The molecule has 2 rings (SSSR count). The van der Waals surface area contributed by atoms with E-state index in [4.69, 9.17) is 16.9 Å². The van der Waals surface area contributed by atoms with Crippen LogP contribution in [0, 0.1) is 11.3 Å². The first-order chi connectivity index (χ1) is 9.44. The van der Waals surface area contributed by atoms with E-state index in [1.54, 1.807) is 17.0 Å². The molecule has 7 heteroatoms. The summed E-state index contributed by atoms with van der Waals surface area (Å²) >= 11 is 5.65.